The molecule has 0 saturated carbocycles. The van der Waals surface area contributed by atoms with Gasteiger partial charge >= 0.3 is 0 Å². The third-order valence-electron chi connectivity index (χ3n) is 2.54. The highest BCUT2D eigenvalue weighted by Crippen LogP contribution is 2.12. The molecule has 0 bridgehead atoms. The van der Waals surface area contributed by atoms with E-state index >= 15 is 0 Å². The lowest BCUT2D eigenvalue weighted by Crippen LogP contribution is -2.28. The number of benzene rings is 1. The molecule has 0 fully saturated rings. The van der Waals surface area contributed by atoms with E-state index in [9.17, 15) is 4.79 Å². The number of nitrogens with one attached hydrogen (secondary N) is 2. The van der Waals surface area contributed by atoms with Gasteiger partial charge < -0.3 is 15.0 Å². The second-order valence-electron chi connectivity index (χ2n) is 4.15. The molecule has 19 heavy (non-hydrogen) atoms. The molecule has 1 aromatic carbocycles. The third-order valence-corrected chi connectivity index (χ3v) is 3.00. The molecule has 0 aliphatic rings. The first kappa shape index (κ1) is 13.7. The van der Waals surface area contributed by atoms with Crippen molar-refractivity contribution in [1.29, 1.82) is 0 Å². The summed E-state index contributed by atoms with van der Waals surface area (Å²) < 4.78 is 6.40. The molecular weight excluding hydrogens is 308 g/mol. The Morgan fingerprint density at radius 3 is 2.95 bits per heavy atom. The predicted molar refractivity (Wildman–Crippen MR) is 77.5 cm³/mol. The summed E-state index contributed by atoms with van der Waals surface area (Å²) >= 11 is 3.28. The number of amides is 1. The van der Waals surface area contributed by atoms with Crippen molar-refractivity contribution in [2.24, 2.45) is 0 Å². The summed E-state index contributed by atoms with van der Waals surface area (Å²) in [4.78, 5) is 14.6. The number of hydrogen-bond acceptors (Lipinski definition) is 2. The molecule has 2 rings (SSSR count). The molecule has 2 aromatic rings. The Hall–Kier alpha value is -1.75. The smallest absolute Gasteiger partial charge is 0.267 e. The van der Waals surface area contributed by atoms with E-state index in [4.69, 9.17) is 4.74 Å². The maximum Gasteiger partial charge on any atom is 0.267 e. The van der Waals surface area contributed by atoms with Gasteiger partial charge in [0.05, 0.1) is 6.54 Å². The number of ether oxygens (including phenoxy) is 1. The minimum absolute atomic E-state index is 0.140. The van der Waals surface area contributed by atoms with Crippen LogP contribution in [0, 0.1) is 6.92 Å². The van der Waals surface area contributed by atoms with E-state index in [-0.39, 0.29) is 5.91 Å². The molecule has 1 heterocycles. The summed E-state index contributed by atoms with van der Waals surface area (Å²) in [7, 11) is 0. The van der Waals surface area contributed by atoms with Crippen LogP contribution in [0.2, 0.25) is 0 Å². The van der Waals surface area contributed by atoms with Gasteiger partial charge in [-0.3, -0.25) is 4.79 Å². The highest BCUT2D eigenvalue weighted by molar-refractivity contribution is 9.10. The standard InChI is InChI=1S/C14H15BrN2O2/c1-10-3-2-4-12(7-10)19-6-5-16-14(18)13-8-11(15)9-17-13/h2-4,7-9,17H,5-6H2,1H3,(H,16,18). The summed E-state index contributed by atoms with van der Waals surface area (Å²) in [5, 5.41) is 2.78. The molecule has 100 valence electrons. The van der Waals surface area contributed by atoms with Crippen molar-refractivity contribution in [3.63, 3.8) is 0 Å². The van der Waals surface area contributed by atoms with Gasteiger partial charge in [0, 0.05) is 10.7 Å². The number of carbonyl (C=O) groups excluding carboxylic acids is 1. The molecule has 1 aromatic heterocycles. The van der Waals surface area contributed by atoms with Crippen LogP contribution in [0.15, 0.2) is 41.0 Å². The number of rotatable bonds is 5. The van der Waals surface area contributed by atoms with E-state index in [1.165, 1.54) is 0 Å². The van der Waals surface area contributed by atoms with Gasteiger partial charge in [0.2, 0.25) is 0 Å². The number of carbonyl (C=O) groups is 1. The number of H-pyrrole nitrogens is 1. The SMILES string of the molecule is Cc1cccc(OCCNC(=O)c2cc(Br)c[nH]2)c1. The van der Waals surface area contributed by atoms with Crippen LogP contribution in [0.1, 0.15) is 16.1 Å². The van der Waals surface area contributed by atoms with Gasteiger partial charge in [-0.05, 0) is 46.6 Å². The van der Waals surface area contributed by atoms with Gasteiger partial charge in [0.25, 0.3) is 5.91 Å². The van der Waals surface area contributed by atoms with Gasteiger partial charge in [-0.1, -0.05) is 12.1 Å². The van der Waals surface area contributed by atoms with E-state index in [1.54, 1.807) is 12.3 Å². The summed E-state index contributed by atoms with van der Waals surface area (Å²) in [5.74, 6) is 0.676. The summed E-state index contributed by atoms with van der Waals surface area (Å²) in [5.41, 5.74) is 1.68. The normalized spacial score (nSPS) is 10.2. The first-order valence-electron chi connectivity index (χ1n) is 5.97. The first-order chi connectivity index (χ1) is 9.15. The predicted octanol–water partition coefficient (Wildman–Crippen LogP) is 2.89. The first-order valence-corrected chi connectivity index (χ1v) is 6.76. The van der Waals surface area contributed by atoms with Crippen molar-refractivity contribution in [2.45, 2.75) is 6.92 Å². The number of aromatic nitrogens is 1. The molecule has 1 amide bonds. The average Bonchev–Trinajstić information content (AvgIpc) is 2.81. The molecule has 5 heteroatoms. The molecule has 0 spiro atoms. The van der Waals surface area contributed by atoms with E-state index in [2.05, 4.69) is 26.2 Å². The van der Waals surface area contributed by atoms with Gasteiger partial charge in [-0.2, -0.15) is 0 Å². The Morgan fingerprint density at radius 2 is 2.26 bits per heavy atom. The minimum Gasteiger partial charge on any atom is -0.492 e. The van der Waals surface area contributed by atoms with Crippen LogP contribution in [0.3, 0.4) is 0 Å². The van der Waals surface area contributed by atoms with Gasteiger partial charge in [-0.15, -0.1) is 0 Å². The monoisotopic (exact) mass is 322 g/mol. The molecule has 0 saturated heterocycles. The lowest BCUT2D eigenvalue weighted by molar-refractivity contribution is 0.0942. The lowest BCUT2D eigenvalue weighted by Gasteiger charge is -2.07. The zero-order valence-electron chi connectivity index (χ0n) is 10.6. The molecule has 4 nitrogen and oxygen atoms in total. The Kier molecular flexibility index (Phi) is 4.63. The van der Waals surface area contributed by atoms with Crippen molar-refractivity contribution in [3.8, 4) is 5.75 Å². The lowest BCUT2D eigenvalue weighted by atomic mass is 10.2. The van der Waals surface area contributed by atoms with Crippen LogP contribution < -0.4 is 10.1 Å². The van der Waals surface area contributed by atoms with Gasteiger partial charge in [0.1, 0.15) is 18.1 Å². The molecule has 0 aliphatic heterocycles. The van der Waals surface area contributed by atoms with Crippen molar-refractivity contribution in [3.05, 3.63) is 52.3 Å². The Labute approximate surface area is 120 Å². The quantitative estimate of drug-likeness (QED) is 0.832. The van der Waals surface area contributed by atoms with Crippen LogP contribution >= 0.6 is 15.9 Å². The second-order valence-corrected chi connectivity index (χ2v) is 5.07. The topological polar surface area (TPSA) is 54.1 Å². The largest absolute Gasteiger partial charge is 0.492 e. The maximum atomic E-state index is 11.7. The maximum absolute atomic E-state index is 11.7. The Morgan fingerprint density at radius 1 is 1.42 bits per heavy atom. The van der Waals surface area contributed by atoms with Crippen molar-refractivity contribution in [1.82, 2.24) is 10.3 Å². The van der Waals surface area contributed by atoms with Crippen molar-refractivity contribution < 1.29 is 9.53 Å². The molecule has 0 unspecified atom stereocenters. The summed E-state index contributed by atoms with van der Waals surface area (Å²) in [6, 6.07) is 9.55. The van der Waals surface area contributed by atoms with Crippen LogP contribution in [0.4, 0.5) is 0 Å². The minimum atomic E-state index is -0.140. The average molecular weight is 323 g/mol. The van der Waals surface area contributed by atoms with Crippen LogP contribution in [-0.2, 0) is 0 Å². The molecule has 0 radical (unpaired) electrons. The fourth-order valence-electron chi connectivity index (χ4n) is 1.63. The molecule has 0 atom stereocenters. The summed E-state index contributed by atoms with van der Waals surface area (Å²) in [6.07, 6.45) is 1.72. The van der Waals surface area contributed by atoms with Crippen LogP contribution in [0.5, 0.6) is 5.75 Å². The van der Waals surface area contributed by atoms with Crippen molar-refractivity contribution in [2.75, 3.05) is 13.2 Å². The van der Waals surface area contributed by atoms with Crippen LogP contribution in [0.25, 0.3) is 0 Å². The van der Waals surface area contributed by atoms with Crippen molar-refractivity contribution >= 4 is 21.8 Å². The van der Waals surface area contributed by atoms with Gasteiger partial charge in [0.15, 0.2) is 0 Å². The second kappa shape index (κ2) is 6.43. The summed E-state index contributed by atoms with van der Waals surface area (Å²) in [6.45, 7) is 2.91. The van der Waals surface area contributed by atoms with E-state index in [0.29, 0.717) is 18.8 Å². The molecule has 0 aliphatic carbocycles. The Bertz CT molecular complexity index is 566. The highest BCUT2D eigenvalue weighted by atomic mass is 79.9. The molecule has 2 N–H and O–H groups in total. The third kappa shape index (κ3) is 4.13. The fraction of sp³-hybridized carbons (Fsp3) is 0.214. The highest BCUT2D eigenvalue weighted by Gasteiger charge is 2.06. The van der Waals surface area contributed by atoms with E-state index in [0.717, 1.165) is 15.8 Å². The number of hydrogen-bond donors (Lipinski definition) is 2. The number of halogens is 1. The zero-order chi connectivity index (χ0) is 13.7. The van der Waals surface area contributed by atoms with E-state index < -0.39 is 0 Å². The van der Waals surface area contributed by atoms with Gasteiger partial charge in [-0.25, -0.2) is 0 Å². The zero-order valence-corrected chi connectivity index (χ0v) is 12.2. The Balaban J connectivity index is 1.74. The fourth-order valence-corrected chi connectivity index (χ4v) is 1.98. The number of aromatic amines is 1. The van der Waals surface area contributed by atoms with Crippen LogP contribution in [-0.4, -0.2) is 24.0 Å². The van der Waals surface area contributed by atoms with E-state index in [1.807, 2.05) is 31.2 Å². The molecular formula is C14H15BrN2O2. The number of aryl methyl sites for hydroxylation is 1.